The molecule has 0 N–H and O–H groups in total. The summed E-state index contributed by atoms with van der Waals surface area (Å²) < 4.78 is 45.2. The molecule has 0 radical (unpaired) electrons. The lowest BCUT2D eigenvalue weighted by molar-refractivity contribution is 0.291. The van der Waals surface area contributed by atoms with E-state index in [0.29, 0.717) is 33.7 Å². The van der Waals surface area contributed by atoms with Crippen LogP contribution in [0.2, 0.25) is 0 Å². The van der Waals surface area contributed by atoms with Gasteiger partial charge in [-0.15, -0.1) is 0 Å². The predicted octanol–water partition coefficient (Wildman–Crippen LogP) is 4.25. The van der Waals surface area contributed by atoms with E-state index in [9.17, 15) is 12.8 Å². The lowest BCUT2D eigenvalue weighted by atomic mass is 9.92. The van der Waals surface area contributed by atoms with Gasteiger partial charge in [-0.25, -0.2) is 22.8 Å². The van der Waals surface area contributed by atoms with Gasteiger partial charge in [0.05, 0.1) is 22.4 Å². The van der Waals surface area contributed by atoms with Crippen LogP contribution in [0.3, 0.4) is 0 Å². The molecule has 0 spiro atoms. The van der Waals surface area contributed by atoms with Crippen LogP contribution in [0.25, 0.3) is 33.6 Å². The Hall–Kier alpha value is -2.34. The third-order valence-corrected chi connectivity index (χ3v) is 7.58. The number of hydrogen-bond donors (Lipinski definition) is 0. The minimum atomic E-state index is -3.06. The SMILES string of the molecule is CS(=O)(=O)[C@H]1C[C@@H](n2cc(-c3ncnc4oc(I)cc34)c(-c3ccc(F)cc3)n2)C1. The average molecular weight is 538 g/mol. The van der Waals surface area contributed by atoms with Gasteiger partial charge in [0, 0.05) is 29.6 Å². The number of aromatic nitrogens is 4. The molecule has 5 rings (SSSR count). The van der Waals surface area contributed by atoms with Gasteiger partial charge in [0.25, 0.3) is 0 Å². The highest BCUT2D eigenvalue weighted by Gasteiger charge is 2.38. The van der Waals surface area contributed by atoms with Crippen LogP contribution >= 0.6 is 22.6 Å². The molecule has 154 valence electrons. The Morgan fingerprint density at radius 2 is 1.90 bits per heavy atom. The zero-order valence-electron chi connectivity index (χ0n) is 15.8. The Morgan fingerprint density at radius 1 is 1.17 bits per heavy atom. The smallest absolute Gasteiger partial charge is 0.231 e. The van der Waals surface area contributed by atoms with Gasteiger partial charge in [0.15, 0.2) is 3.77 Å². The summed E-state index contributed by atoms with van der Waals surface area (Å²) in [7, 11) is -3.06. The Morgan fingerprint density at radius 3 is 2.60 bits per heavy atom. The quantitative estimate of drug-likeness (QED) is 0.361. The zero-order valence-corrected chi connectivity index (χ0v) is 18.8. The van der Waals surface area contributed by atoms with Crippen molar-refractivity contribution in [2.24, 2.45) is 0 Å². The maximum absolute atomic E-state index is 13.5. The maximum Gasteiger partial charge on any atom is 0.231 e. The molecule has 1 aliphatic rings. The molecular weight excluding hydrogens is 522 g/mol. The van der Waals surface area contributed by atoms with Crippen LogP contribution in [0.4, 0.5) is 4.39 Å². The first-order chi connectivity index (χ1) is 14.3. The van der Waals surface area contributed by atoms with Gasteiger partial charge in [-0.2, -0.15) is 5.10 Å². The predicted molar refractivity (Wildman–Crippen MR) is 118 cm³/mol. The van der Waals surface area contributed by atoms with E-state index in [-0.39, 0.29) is 17.1 Å². The van der Waals surface area contributed by atoms with Crippen molar-refractivity contribution in [2.45, 2.75) is 24.1 Å². The number of benzene rings is 1. The van der Waals surface area contributed by atoms with E-state index in [4.69, 9.17) is 9.52 Å². The third kappa shape index (κ3) is 3.41. The molecule has 0 aliphatic heterocycles. The van der Waals surface area contributed by atoms with E-state index in [0.717, 1.165) is 16.5 Å². The van der Waals surface area contributed by atoms with Gasteiger partial charge >= 0.3 is 0 Å². The van der Waals surface area contributed by atoms with Gasteiger partial charge in [0.1, 0.15) is 27.7 Å². The van der Waals surface area contributed by atoms with Crippen LogP contribution in [-0.2, 0) is 9.84 Å². The number of fused-ring (bicyclic) bond motifs is 1. The molecule has 1 aliphatic carbocycles. The van der Waals surface area contributed by atoms with Gasteiger partial charge in [0.2, 0.25) is 5.71 Å². The van der Waals surface area contributed by atoms with E-state index in [1.54, 1.807) is 16.8 Å². The summed E-state index contributed by atoms with van der Waals surface area (Å²) >= 11 is 2.08. The van der Waals surface area contributed by atoms with Crippen LogP contribution in [0.5, 0.6) is 0 Å². The summed E-state index contributed by atoms with van der Waals surface area (Å²) in [6.45, 7) is 0. The number of hydrogen-bond acceptors (Lipinski definition) is 6. The van der Waals surface area contributed by atoms with Crippen molar-refractivity contribution in [2.75, 3.05) is 6.26 Å². The monoisotopic (exact) mass is 538 g/mol. The average Bonchev–Trinajstić information content (AvgIpc) is 3.22. The van der Waals surface area contributed by atoms with Crippen molar-refractivity contribution < 1.29 is 17.2 Å². The molecule has 1 fully saturated rings. The fraction of sp³-hybridized carbons (Fsp3) is 0.250. The Labute approximate surface area is 185 Å². The van der Waals surface area contributed by atoms with Crippen LogP contribution in [-0.4, -0.2) is 39.7 Å². The van der Waals surface area contributed by atoms with Crippen LogP contribution < -0.4 is 0 Å². The second kappa shape index (κ2) is 7.12. The van der Waals surface area contributed by atoms with Crippen LogP contribution in [0, 0.1) is 9.58 Å². The molecule has 7 nitrogen and oxygen atoms in total. The van der Waals surface area contributed by atoms with Crippen molar-refractivity contribution >= 4 is 43.5 Å². The third-order valence-electron chi connectivity index (χ3n) is 5.45. The van der Waals surface area contributed by atoms with Crippen molar-refractivity contribution in [3.05, 3.63) is 52.4 Å². The highest BCUT2D eigenvalue weighted by atomic mass is 127. The fourth-order valence-corrected chi connectivity index (χ4v) is 5.38. The van der Waals surface area contributed by atoms with Gasteiger partial charge < -0.3 is 4.42 Å². The highest BCUT2D eigenvalue weighted by Crippen LogP contribution is 2.40. The Bertz CT molecular complexity index is 1360. The molecule has 4 aromatic rings. The lowest BCUT2D eigenvalue weighted by Crippen LogP contribution is -2.37. The lowest BCUT2D eigenvalue weighted by Gasteiger charge is -2.33. The Balaban J connectivity index is 1.63. The number of rotatable bonds is 4. The second-order valence-electron chi connectivity index (χ2n) is 7.45. The maximum atomic E-state index is 13.5. The summed E-state index contributed by atoms with van der Waals surface area (Å²) in [6.07, 6.45) is 5.62. The standard InChI is InChI=1S/C20H16FIN4O3S/c1-30(27,28)14-6-13(7-14)26-9-16(18(25-26)11-2-4-12(21)5-3-11)19-15-8-17(22)29-20(15)24-10-23-19/h2-5,8-10,13-14H,6-7H2,1H3/t13-,14+. The summed E-state index contributed by atoms with van der Waals surface area (Å²) in [5.41, 5.74) is 3.29. The molecule has 0 amide bonds. The van der Waals surface area contributed by atoms with Gasteiger partial charge in [-0.1, -0.05) is 0 Å². The van der Waals surface area contributed by atoms with Crippen LogP contribution in [0.1, 0.15) is 18.9 Å². The van der Waals surface area contributed by atoms with E-state index < -0.39 is 9.84 Å². The Kier molecular flexibility index (Phi) is 4.65. The molecule has 1 aromatic carbocycles. The van der Waals surface area contributed by atoms with E-state index >= 15 is 0 Å². The van der Waals surface area contributed by atoms with E-state index in [1.807, 2.05) is 12.3 Å². The number of halogens is 2. The highest BCUT2D eigenvalue weighted by molar-refractivity contribution is 14.1. The summed E-state index contributed by atoms with van der Waals surface area (Å²) in [5, 5.41) is 5.16. The van der Waals surface area contributed by atoms with E-state index in [2.05, 4.69) is 32.6 Å². The molecule has 1 saturated carbocycles. The zero-order chi connectivity index (χ0) is 21.0. The molecule has 0 unspecified atom stereocenters. The van der Waals surface area contributed by atoms with Crippen LogP contribution in [0.15, 0.2) is 47.3 Å². The van der Waals surface area contributed by atoms with Crippen molar-refractivity contribution in [3.63, 3.8) is 0 Å². The topological polar surface area (TPSA) is 90.9 Å². The molecule has 3 aromatic heterocycles. The minimum absolute atomic E-state index is 0.0144. The normalized spacial score (nSPS) is 19.2. The number of nitrogens with zero attached hydrogens (tertiary/aromatic N) is 4. The first-order valence-electron chi connectivity index (χ1n) is 9.24. The fourth-order valence-electron chi connectivity index (χ4n) is 3.72. The summed E-state index contributed by atoms with van der Waals surface area (Å²) in [4.78, 5) is 8.65. The first kappa shape index (κ1) is 19.6. The summed E-state index contributed by atoms with van der Waals surface area (Å²) in [6, 6.07) is 7.96. The van der Waals surface area contributed by atoms with Gasteiger partial charge in [-0.3, -0.25) is 4.68 Å². The molecule has 0 saturated heterocycles. The molecule has 0 bridgehead atoms. The largest absolute Gasteiger partial charge is 0.432 e. The van der Waals surface area contributed by atoms with Crippen molar-refractivity contribution in [1.29, 1.82) is 0 Å². The number of furan rings is 1. The summed E-state index contributed by atoms with van der Waals surface area (Å²) in [5.74, 6) is -0.330. The van der Waals surface area contributed by atoms with Crippen molar-refractivity contribution in [1.82, 2.24) is 19.7 Å². The second-order valence-corrected chi connectivity index (χ2v) is 10.8. The number of sulfone groups is 1. The van der Waals surface area contributed by atoms with E-state index in [1.165, 1.54) is 24.7 Å². The molecule has 3 heterocycles. The molecule has 0 atom stereocenters. The molecular formula is C20H16FIN4O3S. The first-order valence-corrected chi connectivity index (χ1v) is 12.3. The van der Waals surface area contributed by atoms with Crippen molar-refractivity contribution in [3.8, 4) is 22.5 Å². The minimum Gasteiger partial charge on any atom is -0.432 e. The molecule has 30 heavy (non-hydrogen) atoms. The van der Waals surface area contributed by atoms with Gasteiger partial charge in [-0.05, 0) is 59.7 Å². The molecule has 10 heteroatoms.